The predicted molar refractivity (Wildman–Crippen MR) is 119 cm³/mol. The maximum atomic E-state index is 12.3. The summed E-state index contributed by atoms with van der Waals surface area (Å²) in [6, 6.07) is 20.1. The molecule has 29 heavy (non-hydrogen) atoms. The van der Waals surface area contributed by atoms with Crippen molar-refractivity contribution in [2.24, 2.45) is 5.10 Å². The molecule has 0 aromatic heterocycles. The third-order valence-electron chi connectivity index (χ3n) is 4.11. The number of rotatable bonds is 7. The summed E-state index contributed by atoms with van der Waals surface area (Å²) in [7, 11) is 1.61. The highest BCUT2D eigenvalue weighted by atomic mass is 35.5. The molecular formula is C22H19Cl2N3O2. The second kappa shape index (κ2) is 9.96. The number of carbonyl (C=O) groups excluding carboxylic acids is 1. The summed E-state index contributed by atoms with van der Waals surface area (Å²) >= 11 is 12.5. The molecule has 3 rings (SSSR count). The smallest absolute Gasteiger partial charge is 0.244 e. The molecule has 0 radical (unpaired) electrons. The number of ether oxygens (including phenoxy) is 1. The van der Waals surface area contributed by atoms with Gasteiger partial charge in [-0.3, -0.25) is 4.79 Å². The number of carbonyl (C=O) groups is 1. The van der Waals surface area contributed by atoms with E-state index < -0.39 is 0 Å². The topological polar surface area (TPSA) is 62.7 Å². The van der Waals surface area contributed by atoms with Crippen molar-refractivity contribution in [1.82, 2.24) is 5.43 Å². The van der Waals surface area contributed by atoms with Gasteiger partial charge in [-0.2, -0.15) is 5.10 Å². The van der Waals surface area contributed by atoms with Crippen molar-refractivity contribution in [1.29, 1.82) is 0 Å². The normalized spacial score (nSPS) is 10.7. The lowest BCUT2D eigenvalue weighted by molar-refractivity contribution is -0.120. The quantitative estimate of drug-likeness (QED) is 0.389. The number of hydrazone groups is 1. The summed E-state index contributed by atoms with van der Waals surface area (Å²) in [5, 5.41) is 8.22. The van der Waals surface area contributed by atoms with Gasteiger partial charge < -0.3 is 10.1 Å². The molecule has 0 aliphatic rings. The fraction of sp³-hybridized carbons (Fsp3) is 0.0909. The maximum absolute atomic E-state index is 12.3. The van der Waals surface area contributed by atoms with Gasteiger partial charge in [-0.1, -0.05) is 47.5 Å². The van der Waals surface area contributed by atoms with Crippen molar-refractivity contribution in [3.05, 3.63) is 87.9 Å². The molecule has 0 heterocycles. The number of hydrogen-bond donors (Lipinski definition) is 2. The van der Waals surface area contributed by atoms with Gasteiger partial charge in [0.2, 0.25) is 5.91 Å². The van der Waals surface area contributed by atoms with Crippen LogP contribution in [0.2, 0.25) is 10.0 Å². The predicted octanol–water partition coefficient (Wildman–Crippen LogP) is 5.44. The molecule has 2 N–H and O–H groups in total. The highest BCUT2D eigenvalue weighted by Crippen LogP contribution is 2.33. The van der Waals surface area contributed by atoms with Gasteiger partial charge in [-0.25, -0.2) is 5.43 Å². The van der Waals surface area contributed by atoms with Crippen LogP contribution in [0, 0.1) is 0 Å². The molecule has 0 saturated carbocycles. The van der Waals surface area contributed by atoms with Gasteiger partial charge in [-0.05, 0) is 53.6 Å². The number of methoxy groups -OCH3 is 1. The van der Waals surface area contributed by atoms with Crippen molar-refractivity contribution < 1.29 is 9.53 Å². The van der Waals surface area contributed by atoms with E-state index in [1.165, 1.54) is 0 Å². The molecule has 0 bridgehead atoms. The van der Waals surface area contributed by atoms with Crippen molar-refractivity contribution >= 4 is 46.7 Å². The highest BCUT2D eigenvalue weighted by Gasteiger charge is 2.11. The number of nitrogens with zero attached hydrogens (tertiary/aromatic N) is 1. The molecule has 7 heteroatoms. The molecule has 0 spiro atoms. The summed E-state index contributed by atoms with van der Waals surface area (Å²) < 4.78 is 5.11. The summed E-state index contributed by atoms with van der Waals surface area (Å²) in [4.78, 5) is 12.3. The van der Waals surface area contributed by atoms with Crippen LogP contribution in [0.15, 0.2) is 71.8 Å². The minimum atomic E-state index is -0.241. The van der Waals surface area contributed by atoms with Crippen LogP contribution in [0.25, 0.3) is 0 Å². The molecule has 3 aromatic carbocycles. The molecule has 5 nitrogen and oxygen atoms in total. The number of benzene rings is 3. The molecule has 0 saturated heterocycles. The van der Waals surface area contributed by atoms with E-state index >= 15 is 0 Å². The molecule has 0 fully saturated rings. The van der Waals surface area contributed by atoms with E-state index in [2.05, 4.69) is 15.8 Å². The van der Waals surface area contributed by atoms with Crippen LogP contribution in [-0.2, 0) is 11.2 Å². The molecule has 148 valence electrons. The van der Waals surface area contributed by atoms with E-state index in [1.807, 2.05) is 48.5 Å². The van der Waals surface area contributed by atoms with Crippen molar-refractivity contribution in [2.75, 3.05) is 12.4 Å². The number of nitrogens with one attached hydrogen (secondary N) is 2. The minimum absolute atomic E-state index is 0.144. The summed E-state index contributed by atoms with van der Waals surface area (Å²) in [5.41, 5.74) is 5.53. The lowest BCUT2D eigenvalue weighted by Crippen LogP contribution is -2.20. The Labute approximate surface area is 179 Å². The standard InChI is InChI=1S/C22H19Cl2N3O2/c1-29-17-11-9-15(10-12-17)14-25-27-21(28)13-16-5-2-3-8-20(16)26-22-18(23)6-4-7-19(22)24/h2-12,14,26H,13H2,1H3,(H,27,28)/b25-14+. The van der Waals surface area contributed by atoms with E-state index in [1.54, 1.807) is 31.5 Å². The Bertz CT molecular complexity index is 1000. The van der Waals surface area contributed by atoms with Crippen LogP contribution in [-0.4, -0.2) is 19.2 Å². The number of halogens is 2. The molecule has 1 amide bonds. The average Bonchev–Trinajstić information content (AvgIpc) is 2.72. The summed E-state index contributed by atoms with van der Waals surface area (Å²) in [6.07, 6.45) is 1.72. The van der Waals surface area contributed by atoms with Crippen LogP contribution in [0.3, 0.4) is 0 Å². The highest BCUT2D eigenvalue weighted by molar-refractivity contribution is 6.39. The van der Waals surface area contributed by atoms with Gasteiger partial charge in [-0.15, -0.1) is 0 Å². The Balaban J connectivity index is 1.65. The van der Waals surface area contributed by atoms with E-state index in [0.29, 0.717) is 15.7 Å². The van der Waals surface area contributed by atoms with E-state index in [9.17, 15) is 4.79 Å². The number of anilines is 2. The van der Waals surface area contributed by atoms with Crippen LogP contribution in [0.1, 0.15) is 11.1 Å². The van der Waals surface area contributed by atoms with Crippen LogP contribution in [0.4, 0.5) is 11.4 Å². The molecular weight excluding hydrogens is 409 g/mol. The fourth-order valence-corrected chi connectivity index (χ4v) is 3.12. The first-order chi connectivity index (χ1) is 14.1. The Morgan fingerprint density at radius 3 is 2.38 bits per heavy atom. The van der Waals surface area contributed by atoms with Gasteiger partial charge in [0.05, 0.1) is 35.5 Å². The summed E-state index contributed by atoms with van der Waals surface area (Å²) in [5.74, 6) is 0.517. The van der Waals surface area contributed by atoms with Gasteiger partial charge in [0.15, 0.2) is 0 Å². The Morgan fingerprint density at radius 1 is 1.00 bits per heavy atom. The van der Waals surface area contributed by atoms with E-state index in [4.69, 9.17) is 27.9 Å². The zero-order chi connectivity index (χ0) is 20.6. The third kappa shape index (κ3) is 5.73. The fourth-order valence-electron chi connectivity index (χ4n) is 2.63. The number of amides is 1. The molecule has 3 aromatic rings. The molecule has 0 aliphatic heterocycles. The second-order valence-electron chi connectivity index (χ2n) is 6.12. The minimum Gasteiger partial charge on any atom is -0.497 e. The number of para-hydroxylation sites is 2. The largest absolute Gasteiger partial charge is 0.497 e. The first-order valence-corrected chi connectivity index (χ1v) is 9.57. The zero-order valence-electron chi connectivity index (χ0n) is 15.7. The zero-order valence-corrected chi connectivity index (χ0v) is 17.2. The first kappa shape index (κ1) is 20.7. The Morgan fingerprint density at radius 2 is 1.69 bits per heavy atom. The lowest BCUT2D eigenvalue weighted by atomic mass is 10.1. The average molecular weight is 428 g/mol. The second-order valence-corrected chi connectivity index (χ2v) is 6.94. The SMILES string of the molecule is COc1ccc(/C=N/NC(=O)Cc2ccccc2Nc2c(Cl)cccc2Cl)cc1. The first-order valence-electron chi connectivity index (χ1n) is 8.81. The van der Waals surface area contributed by atoms with Crippen LogP contribution < -0.4 is 15.5 Å². The van der Waals surface area contributed by atoms with Crippen LogP contribution in [0.5, 0.6) is 5.75 Å². The molecule has 0 atom stereocenters. The lowest BCUT2D eigenvalue weighted by Gasteiger charge is -2.14. The monoisotopic (exact) mass is 427 g/mol. The molecule has 0 unspecified atom stereocenters. The van der Waals surface area contributed by atoms with Crippen molar-refractivity contribution in [2.45, 2.75) is 6.42 Å². The van der Waals surface area contributed by atoms with Crippen LogP contribution >= 0.6 is 23.2 Å². The van der Waals surface area contributed by atoms with Gasteiger partial charge >= 0.3 is 0 Å². The van der Waals surface area contributed by atoms with Gasteiger partial charge in [0, 0.05) is 5.69 Å². The van der Waals surface area contributed by atoms with Crippen molar-refractivity contribution in [3.8, 4) is 5.75 Å². The van der Waals surface area contributed by atoms with Gasteiger partial charge in [0.25, 0.3) is 0 Å². The maximum Gasteiger partial charge on any atom is 0.244 e. The molecule has 0 aliphatic carbocycles. The Kier molecular flexibility index (Phi) is 7.11. The van der Waals surface area contributed by atoms with Gasteiger partial charge in [0.1, 0.15) is 5.75 Å². The van der Waals surface area contributed by atoms with Crippen molar-refractivity contribution in [3.63, 3.8) is 0 Å². The van der Waals surface area contributed by atoms with E-state index in [-0.39, 0.29) is 12.3 Å². The number of hydrogen-bond acceptors (Lipinski definition) is 4. The Hall–Kier alpha value is -3.02. The third-order valence-corrected chi connectivity index (χ3v) is 4.74. The summed E-state index contributed by atoms with van der Waals surface area (Å²) in [6.45, 7) is 0. The van der Waals surface area contributed by atoms with E-state index in [0.717, 1.165) is 22.6 Å².